The van der Waals surface area contributed by atoms with Crippen molar-refractivity contribution in [1.82, 2.24) is 0 Å². The molecule has 0 saturated carbocycles. The molecule has 3 nitrogen and oxygen atoms in total. The third kappa shape index (κ3) is 2.89. The van der Waals surface area contributed by atoms with Crippen molar-refractivity contribution in [1.29, 1.82) is 0 Å². The third-order valence-electron chi connectivity index (χ3n) is 1.90. The number of amides is 1. The summed E-state index contributed by atoms with van der Waals surface area (Å²) in [5, 5.41) is 2.56. The smallest absolute Gasteiger partial charge is 0.248 e. The second-order valence-electron chi connectivity index (χ2n) is 2.96. The molecule has 0 saturated heterocycles. The fourth-order valence-electron chi connectivity index (χ4n) is 1.21. The summed E-state index contributed by atoms with van der Waals surface area (Å²) in [4.78, 5) is 11.2. The maximum absolute atomic E-state index is 13.2. The number of hydrogen-bond acceptors (Lipinski definition) is 2. The van der Waals surface area contributed by atoms with E-state index in [9.17, 15) is 9.18 Å². The van der Waals surface area contributed by atoms with Crippen LogP contribution in [0.15, 0.2) is 30.4 Å². The lowest BCUT2D eigenvalue weighted by atomic mass is 10.1. The van der Waals surface area contributed by atoms with E-state index in [2.05, 4.69) is 5.32 Å². The van der Waals surface area contributed by atoms with Crippen LogP contribution in [-0.4, -0.2) is 5.91 Å². The van der Waals surface area contributed by atoms with Gasteiger partial charge in [0.25, 0.3) is 0 Å². The summed E-state index contributed by atoms with van der Waals surface area (Å²) in [7, 11) is 0. The molecule has 4 heteroatoms. The summed E-state index contributed by atoms with van der Waals surface area (Å²) in [5.41, 5.74) is 6.12. The largest absolute Gasteiger partial charge is 0.326 e. The molecule has 0 spiro atoms. The van der Waals surface area contributed by atoms with E-state index in [1.165, 1.54) is 18.2 Å². The molecule has 1 aromatic rings. The molecule has 15 heavy (non-hydrogen) atoms. The Labute approximate surface area is 87.8 Å². The average molecular weight is 208 g/mol. The summed E-state index contributed by atoms with van der Waals surface area (Å²) in [6, 6.07) is 4.46. The molecule has 0 heterocycles. The zero-order chi connectivity index (χ0) is 11.3. The van der Waals surface area contributed by atoms with E-state index in [4.69, 9.17) is 5.73 Å². The number of benzene rings is 1. The van der Waals surface area contributed by atoms with Crippen LogP contribution < -0.4 is 11.1 Å². The first-order valence-corrected chi connectivity index (χ1v) is 4.60. The molecular formula is C11H13FN2O. The van der Waals surface area contributed by atoms with Crippen LogP contribution in [0.1, 0.15) is 12.5 Å². The second-order valence-corrected chi connectivity index (χ2v) is 2.96. The molecule has 0 aliphatic heterocycles. The average Bonchev–Trinajstić information content (AvgIpc) is 2.18. The minimum atomic E-state index is -0.407. The fourth-order valence-corrected chi connectivity index (χ4v) is 1.21. The Balaban J connectivity index is 2.94. The quantitative estimate of drug-likeness (QED) is 0.744. The van der Waals surface area contributed by atoms with Crippen LogP contribution >= 0.6 is 0 Å². The Hall–Kier alpha value is -1.68. The van der Waals surface area contributed by atoms with Crippen molar-refractivity contribution in [3.05, 3.63) is 41.7 Å². The highest BCUT2D eigenvalue weighted by Gasteiger charge is 2.07. The first-order chi connectivity index (χ1) is 7.19. The molecule has 1 rings (SSSR count). The fraction of sp³-hybridized carbons (Fsp3) is 0.182. The third-order valence-corrected chi connectivity index (χ3v) is 1.90. The number of allylic oxidation sites excluding steroid dienone is 1. The first kappa shape index (κ1) is 11.4. The minimum absolute atomic E-state index is 0.0537. The normalized spacial score (nSPS) is 10.6. The number of rotatable bonds is 3. The molecule has 0 aromatic heterocycles. The van der Waals surface area contributed by atoms with Gasteiger partial charge >= 0.3 is 0 Å². The lowest BCUT2D eigenvalue weighted by molar-refractivity contribution is -0.111. The second kappa shape index (κ2) is 5.26. The molecule has 0 fully saturated rings. The van der Waals surface area contributed by atoms with Gasteiger partial charge in [-0.25, -0.2) is 4.39 Å². The molecule has 3 N–H and O–H groups in total. The molecule has 1 aromatic carbocycles. The van der Waals surface area contributed by atoms with Crippen molar-refractivity contribution in [2.75, 3.05) is 5.32 Å². The van der Waals surface area contributed by atoms with Gasteiger partial charge in [-0.05, 0) is 25.1 Å². The highest BCUT2D eigenvalue weighted by atomic mass is 19.1. The van der Waals surface area contributed by atoms with Crippen LogP contribution in [0.4, 0.5) is 10.1 Å². The standard InChI is InChI=1S/C11H13FN2O/c1-2-4-11(15)14-10-6-3-5-9(12)8(10)7-13/h2-6H,7,13H2,1H3,(H,14,15)/b4-2+. The Morgan fingerprint density at radius 1 is 1.60 bits per heavy atom. The van der Waals surface area contributed by atoms with Gasteiger partial charge in [-0.15, -0.1) is 0 Å². The van der Waals surface area contributed by atoms with Gasteiger partial charge in [0.2, 0.25) is 5.91 Å². The van der Waals surface area contributed by atoms with E-state index in [0.717, 1.165) is 0 Å². The van der Waals surface area contributed by atoms with Crippen molar-refractivity contribution in [3.63, 3.8) is 0 Å². The molecule has 0 radical (unpaired) electrons. The maximum Gasteiger partial charge on any atom is 0.248 e. The number of halogens is 1. The number of carbonyl (C=O) groups excluding carboxylic acids is 1. The Bertz CT molecular complexity index is 388. The molecule has 0 atom stereocenters. The topological polar surface area (TPSA) is 55.1 Å². The molecule has 0 aliphatic rings. The van der Waals surface area contributed by atoms with Gasteiger partial charge in [0.1, 0.15) is 5.82 Å². The van der Waals surface area contributed by atoms with Crippen LogP contribution in [-0.2, 0) is 11.3 Å². The summed E-state index contributed by atoms with van der Waals surface area (Å²) in [6.07, 6.45) is 2.97. The van der Waals surface area contributed by atoms with Crippen LogP contribution in [0.2, 0.25) is 0 Å². The van der Waals surface area contributed by atoms with Gasteiger partial charge in [0, 0.05) is 17.8 Å². The van der Waals surface area contributed by atoms with Gasteiger partial charge in [-0.3, -0.25) is 4.79 Å². The van der Waals surface area contributed by atoms with Crippen LogP contribution in [0, 0.1) is 5.82 Å². The number of nitrogens with one attached hydrogen (secondary N) is 1. The van der Waals surface area contributed by atoms with Gasteiger partial charge in [0.05, 0.1) is 0 Å². The van der Waals surface area contributed by atoms with Crippen molar-refractivity contribution < 1.29 is 9.18 Å². The Morgan fingerprint density at radius 2 is 2.33 bits per heavy atom. The highest BCUT2D eigenvalue weighted by molar-refractivity contribution is 5.99. The van der Waals surface area contributed by atoms with E-state index in [0.29, 0.717) is 11.3 Å². The molecule has 0 unspecified atom stereocenters. The first-order valence-electron chi connectivity index (χ1n) is 4.60. The van der Waals surface area contributed by atoms with Crippen molar-refractivity contribution >= 4 is 11.6 Å². The lowest BCUT2D eigenvalue weighted by Crippen LogP contribution is -2.12. The van der Waals surface area contributed by atoms with E-state index in [1.54, 1.807) is 19.1 Å². The monoisotopic (exact) mass is 208 g/mol. The van der Waals surface area contributed by atoms with Gasteiger partial charge in [-0.2, -0.15) is 0 Å². The summed E-state index contributed by atoms with van der Waals surface area (Å²) in [5.74, 6) is -0.700. The predicted molar refractivity (Wildman–Crippen MR) is 57.7 cm³/mol. The van der Waals surface area contributed by atoms with Crippen LogP contribution in [0.5, 0.6) is 0 Å². The zero-order valence-electron chi connectivity index (χ0n) is 8.46. The maximum atomic E-state index is 13.2. The van der Waals surface area contributed by atoms with E-state index >= 15 is 0 Å². The predicted octanol–water partition coefficient (Wildman–Crippen LogP) is 1.80. The van der Waals surface area contributed by atoms with E-state index in [1.807, 2.05) is 0 Å². The summed E-state index contributed by atoms with van der Waals surface area (Å²) in [6.45, 7) is 1.78. The van der Waals surface area contributed by atoms with Gasteiger partial charge in [-0.1, -0.05) is 12.1 Å². The van der Waals surface area contributed by atoms with Crippen LogP contribution in [0.3, 0.4) is 0 Å². The van der Waals surface area contributed by atoms with Crippen molar-refractivity contribution in [3.8, 4) is 0 Å². The molecule has 80 valence electrons. The molecule has 0 aliphatic carbocycles. The molecule has 0 bridgehead atoms. The number of hydrogen-bond donors (Lipinski definition) is 2. The summed E-state index contributed by atoms with van der Waals surface area (Å²) >= 11 is 0. The number of anilines is 1. The van der Waals surface area contributed by atoms with Crippen molar-refractivity contribution in [2.45, 2.75) is 13.5 Å². The Kier molecular flexibility index (Phi) is 4.00. The SMILES string of the molecule is C/C=C/C(=O)Nc1cccc(F)c1CN. The highest BCUT2D eigenvalue weighted by Crippen LogP contribution is 2.18. The summed E-state index contributed by atoms with van der Waals surface area (Å²) < 4.78 is 13.2. The Morgan fingerprint density at radius 3 is 2.93 bits per heavy atom. The van der Waals surface area contributed by atoms with Gasteiger partial charge in [0.15, 0.2) is 0 Å². The molecular weight excluding hydrogens is 195 g/mol. The van der Waals surface area contributed by atoms with Crippen LogP contribution in [0.25, 0.3) is 0 Å². The molecule has 1 amide bonds. The lowest BCUT2D eigenvalue weighted by Gasteiger charge is -2.08. The van der Waals surface area contributed by atoms with E-state index < -0.39 is 5.82 Å². The minimum Gasteiger partial charge on any atom is -0.326 e. The zero-order valence-corrected chi connectivity index (χ0v) is 8.46. The number of nitrogens with two attached hydrogens (primary N) is 1. The van der Waals surface area contributed by atoms with Gasteiger partial charge < -0.3 is 11.1 Å². The van der Waals surface area contributed by atoms with Crippen molar-refractivity contribution in [2.24, 2.45) is 5.73 Å². The number of carbonyl (C=O) groups is 1. The van der Waals surface area contributed by atoms with E-state index in [-0.39, 0.29) is 12.5 Å².